The molecule has 0 saturated carbocycles. The van der Waals surface area contributed by atoms with Crippen LogP contribution in [0.15, 0.2) is 12.8 Å². The van der Waals surface area contributed by atoms with Crippen molar-refractivity contribution in [2.75, 3.05) is 11.6 Å². The van der Waals surface area contributed by atoms with Gasteiger partial charge in [0, 0.05) is 12.7 Å². The van der Waals surface area contributed by atoms with Crippen molar-refractivity contribution >= 4 is 29.7 Å². The van der Waals surface area contributed by atoms with E-state index < -0.39 is 18.1 Å². The molecule has 1 atom stereocenters. The first-order valence-electron chi connectivity index (χ1n) is 4.60. The molecule has 0 fully saturated rings. The number of hydrogen-bond acceptors (Lipinski definition) is 5. The molecule has 0 aromatic carbocycles. The van der Waals surface area contributed by atoms with Gasteiger partial charge in [0.2, 0.25) is 5.91 Å². The molecular weight excluding hydrogens is 248 g/mol. The number of carbonyl (C=O) groups excluding carboxylic acids is 2. The van der Waals surface area contributed by atoms with Gasteiger partial charge in [-0.05, 0) is 0 Å². The molecule has 0 radical (unpaired) electrons. The number of amides is 2. The van der Waals surface area contributed by atoms with Gasteiger partial charge in [-0.2, -0.15) is 0 Å². The third-order valence-electron chi connectivity index (χ3n) is 1.49. The summed E-state index contributed by atoms with van der Waals surface area (Å²) in [6.07, 6.45) is 0.0196. The molecule has 0 heterocycles. The van der Waals surface area contributed by atoms with Crippen LogP contribution in [0.2, 0.25) is 0 Å². The van der Waals surface area contributed by atoms with Crippen LogP contribution in [-0.4, -0.2) is 40.7 Å². The zero-order valence-electron chi connectivity index (χ0n) is 9.26. The number of carboxylic acid groups (broad SMARTS) is 1. The zero-order valence-corrected chi connectivity index (χ0v) is 10.1. The van der Waals surface area contributed by atoms with Gasteiger partial charge in [-0.3, -0.25) is 4.79 Å². The molecule has 0 spiro atoms. The van der Waals surface area contributed by atoms with Crippen LogP contribution in [-0.2, 0) is 14.3 Å². The molecule has 3 N–H and O–H groups in total. The van der Waals surface area contributed by atoms with Gasteiger partial charge in [0.05, 0.1) is 12.1 Å². The van der Waals surface area contributed by atoms with Crippen LogP contribution in [0.3, 0.4) is 0 Å². The fraction of sp³-hybridized carbons (Fsp3) is 0.444. The average molecular weight is 262 g/mol. The van der Waals surface area contributed by atoms with Crippen molar-refractivity contribution in [2.24, 2.45) is 0 Å². The number of nitrogens with one attached hydrogen (secondary N) is 2. The molecule has 7 nitrogen and oxygen atoms in total. The second-order valence-electron chi connectivity index (χ2n) is 2.86. The monoisotopic (exact) mass is 262 g/mol. The van der Waals surface area contributed by atoms with E-state index in [9.17, 15) is 14.4 Å². The third-order valence-corrected chi connectivity index (χ3v) is 2.41. The molecule has 0 aliphatic heterocycles. The molecule has 0 aromatic rings. The van der Waals surface area contributed by atoms with E-state index in [0.29, 0.717) is 0 Å². The number of carboxylic acids is 1. The Bertz CT molecular complexity index is 308. The quantitative estimate of drug-likeness (QED) is 0.342. The van der Waals surface area contributed by atoms with Gasteiger partial charge >= 0.3 is 12.1 Å². The maximum atomic E-state index is 11.0. The standard InChI is InChI=1S/C9H14N2O5S/c1-3-16-9(15)11-7(8(13)14)4-17-5-10-6(2)12/h3,7H,1,4-5H2,2H3,(H,10,12)(H,11,15)(H,13,14)/t7-/m0/s1. The maximum absolute atomic E-state index is 11.0. The number of alkyl carbamates (subject to hydrolysis) is 1. The van der Waals surface area contributed by atoms with Gasteiger partial charge < -0.3 is 20.5 Å². The summed E-state index contributed by atoms with van der Waals surface area (Å²) < 4.78 is 4.34. The molecular formula is C9H14N2O5S. The zero-order chi connectivity index (χ0) is 13.3. The van der Waals surface area contributed by atoms with Crippen LogP contribution < -0.4 is 10.6 Å². The highest BCUT2D eigenvalue weighted by molar-refractivity contribution is 7.99. The van der Waals surface area contributed by atoms with Crippen LogP contribution in [0, 0.1) is 0 Å². The highest BCUT2D eigenvalue weighted by Crippen LogP contribution is 2.02. The second kappa shape index (κ2) is 8.45. The molecule has 0 unspecified atom stereocenters. The highest BCUT2D eigenvalue weighted by atomic mass is 32.2. The summed E-state index contributed by atoms with van der Waals surface area (Å²) in [5.74, 6) is -0.996. The van der Waals surface area contributed by atoms with Crippen LogP contribution in [0.25, 0.3) is 0 Å². The van der Waals surface area contributed by atoms with Crippen molar-refractivity contribution in [3.8, 4) is 0 Å². The summed E-state index contributed by atoms with van der Waals surface area (Å²) in [7, 11) is 0. The lowest BCUT2D eigenvalue weighted by Gasteiger charge is -2.13. The van der Waals surface area contributed by atoms with E-state index in [0.717, 1.165) is 6.26 Å². The first-order valence-corrected chi connectivity index (χ1v) is 5.76. The third kappa shape index (κ3) is 8.14. The Kier molecular flexibility index (Phi) is 7.61. The number of aliphatic carboxylic acids is 1. The van der Waals surface area contributed by atoms with Crippen LogP contribution >= 0.6 is 11.8 Å². The van der Waals surface area contributed by atoms with E-state index in [2.05, 4.69) is 21.9 Å². The van der Waals surface area contributed by atoms with Crippen LogP contribution in [0.5, 0.6) is 0 Å². The fourth-order valence-electron chi connectivity index (χ4n) is 0.756. The summed E-state index contributed by atoms with van der Waals surface area (Å²) in [6.45, 7) is 4.52. The van der Waals surface area contributed by atoms with Crippen molar-refractivity contribution in [2.45, 2.75) is 13.0 Å². The molecule has 0 aliphatic carbocycles. The topological polar surface area (TPSA) is 105 Å². The number of hydrogen-bond donors (Lipinski definition) is 3. The first-order chi connectivity index (χ1) is 7.97. The number of carbonyl (C=O) groups is 3. The van der Waals surface area contributed by atoms with Gasteiger partial charge in [0.15, 0.2) is 0 Å². The first kappa shape index (κ1) is 15.3. The van der Waals surface area contributed by atoms with Crippen molar-refractivity contribution in [1.82, 2.24) is 10.6 Å². The average Bonchev–Trinajstić information content (AvgIpc) is 2.22. The smallest absolute Gasteiger partial charge is 0.412 e. The minimum atomic E-state index is -1.18. The van der Waals surface area contributed by atoms with Crippen molar-refractivity contribution in [3.63, 3.8) is 0 Å². The Morgan fingerprint density at radius 1 is 1.53 bits per heavy atom. The molecule has 96 valence electrons. The van der Waals surface area contributed by atoms with Gasteiger partial charge in [-0.1, -0.05) is 6.58 Å². The summed E-state index contributed by atoms with van der Waals surface area (Å²) in [5, 5.41) is 13.4. The lowest BCUT2D eigenvalue weighted by atomic mass is 10.3. The van der Waals surface area contributed by atoms with E-state index in [-0.39, 0.29) is 17.5 Å². The largest absolute Gasteiger partial charge is 0.480 e. The molecule has 0 aromatic heterocycles. The van der Waals surface area contributed by atoms with E-state index in [4.69, 9.17) is 5.11 Å². The van der Waals surface area contributed by atoms with E-state index >= 15 is 0 Å². The van der Waals surface area contributed by atoms with E-state index in [1.165, 1.54) is 18.7 Å². The minimum Gasteiger partial charge on any atom is -0.480 e. The van der Waals surface area contributed by atoms with Gasteiger partial charge in [0.25, 0.3) is 0 Å². The number of ether oxygens (including phenoxy) is 1. The Morgan fingerprint density at radius 3 is 2.65 bits per heavy atom. The molecule has 8 heteroatoms. The Labute approximate surface area is 103 Å². The van der Waals surface area contributed by atoms with Gasteiger partial charge in [0.1, 0.15) is 6.04 Å². The predicted octanol–water partition coefficient (Wildman–Crippen LogP) is 0.136. The van der Waals surface area contributed by atoms with Crippen molar-refractivity contribution in [1.29, 1.82) is 0 Å². The highest BCUT2D eigenvalue weighted by Gasteiger charge is 2.20. The lowest BCUT2D eigenvalue weighted by Crippen LogP contribution is -2.42. The van der Waals surface area contributed by atoms with Crippen molar-refractivity contribution < 1.29 is 24.2 Å². The Balaban J connectivity index is 3.98. The van der Waals surface area contributed by atoms with Crippen molar-refractivity contribution in [3.05, 3.63) is 12.8 Å². The second-order valence-corrected chi connectivity index (χ2v) is 3.89. The van der Waals surface area contributed by atoms with Gasteiger partial charge in [-0.25, -0.2) is 9.59 Å². The van der Waals surface area contributed by atoms with Gasteiger partial charge in [-0.15, -0.1) is 11.8 Å². The molecule has 0 saturated heterocycles. The maximum Gasteiger partial charge on any atom is 0.412 e. The molecule has 0 rings (SSSR count). The summed E-state index contributed by atoms with van der Waals surface area (Å²) in [5.41, 5.74) is 0. The summed E-state index contributed by atoms with van der Waals surface area (Å²) >= 11 is 1.17. The predicted molar refractivity (Wildman–Crippen MR) is 62.4 cm³/mol. The minimum absolute atomic E-state index is 0.113. The summed E-state index contributed by atoms with van der Waals surface area (Å²) in [6, 6.07) is -1.08. The number of rotatable bonds is 7. The molecule has 17 heavy (non-hydrogen) atoms. The molecule has 0 aliphatic rings. The fourth-order valence-corrected chi connectivity index (χ4v) is 1.64. The lowest BCUT2D eigenvalue weighted by molar-refractivity contribution is -0.138. The van der Waals surface area contributed by atoms with Crippen LogP contribution in [0.4, 0.5) is 4.79 Å². The molecule has 2 amide bonds. The Hall–Kier alpha value is -1.70. The van der Waals surface area contributed by atoms with E-state index in [1.54, 1.807) is 0 Å². The normalized spacial score (nSPS) is 11.1. The summed E-state index contributed by atoms with van der Waals surface area (Å²) in [4.78, 5) is 32.3. The van der Waals surface area contributed by atoms with Crippen LogP contribution in [0.1, 0.15) is 6.92 Å². The SMILES string of the molecule is C=COC(=O)N[C@@H](CSCNC(C)=O)C(=O)O. The van der Waals surface area contributed by atoms with E-state index in [1.807, 2.05) is 0 Å². The Morgan fingerprint density at radius 2 is 2.18 bits per heavy atom. The number of thioether (sulfide) groups is 1. The molecule has 0 bridgehead atoms.